The number of halogens is 1. The van der Waals surface area contributed by atoms with Crippen LogP contribution < -0.4 is 15.1 Å². The Labute approximate surface area is 221 Å². The minimum atomic E-state index is -0.639. The predicted molar refractivity (Wildman–Crippen MR) is 139 cm³/mol. The lowest BCUT2D eigenvalue weighted by molar-refractivity contribution is 0.0496. The van der Waals surface area contributed by atoms with Crippen LogP contribution in [0.1, 0.15) is 26.3 Å². The summed E-state index contributed by atoms with van der Waals surface area (Å²) in [5.41, 5.74) is 1.02. The maximum absolute atomic E-state index is 15.1. The number of benzene rings is 2. The van der Waals surface area contributed by atoms with Crippen molar-refractivity contribution in [3.05, 3.63) is 59.9 Å². The zero-order valence-electron chi connectivity index (χ0n) is 21.8. The summed E-state index contributed by atoms with van der Waals surface area (Å²) in [5.74, 6) is -0.481. The van der Waals surface area contributed by atoms with E-state index < -0.39 is 35.8 Å². The Kier molecular flexibility index (Phi) is 8.23. The first kappa shape index (κ1) is 27.0. The van der Waals surface area contributed by atoms with Crippen LogP contribution in [-0.2, 0) is 20.8 Å². The highest BCUT2D eigenvalue weighted by molar-refractivity contribution is 5.90. The van der Waals surface area contributed by atoms with E-state index in [1.54, 1.807) is 37.8 Å². The predicted octanol–water partition coefficient (Wildman–Crippen LogP) is 4.13. The van der Waals surface area contributed by atoms with Crippen LogP contribution in [0.2, 0.25) is 0 Å². The van der Waals surface area contributed by atoms with Gasteiger partial charge in [0.2, 0.25) is 0 Å². The number of rotatable bonds is 6. The van der Waals surface area contributed by atoms with E-state index >= 15 is 4.39 Å². The fourth-order valence-corrected chi connectivity index (χ4v) is 4.21. The number of hydrogen-bond acceptors (Lipinski definition) is 7. The van der Waals surface area contributed by atoms with E-state index in [1.165, 1.54) is 11.0 Å². The van der Waals surface area contributed by atoms with Gasteiger partial charge in [-0.05, 0) is 44.5 Å². The number of hydrogen-bond donors (Lipinski definition) is 1. The number of piperazine rings is 1. The molecule has 0 saturated carbocycles. The molecule has 2 fully saturated rings. The highest BCUT2D eigenvalue weighted by atomic mass is 19.1. The molecule has 0 aliphatic carbocycles. The molecule has 4 rings (SSSR count). The second-order valence-corrected chi connectivity index (χ2v) is 10.1. The molecule has 2 aromatic rings. The average molecular weight is 529 g/mol. The van der Waals surface area contributed by atoms with E-state index in [1.807, 2.05) is 35.2 Å². The van der Waals surface area contributed by atoms with Crippen LogP contribution in [0.15, 0.2) is 48.5 Å². The number of carbonyl (C=O) groups is 3. The maximum atomic E-state index is 15.1. The SMILES string of the molecule is CC(C)(C)OC(=O)NCC1CN(c2ccc(N3CCN(C(=O)OCc4ccccc4)CC3)c(F)c2)C(=O)O1. The summed E-state index contributed by atoms with van der Waals surface area (Å²) in [6.07, 6.45) is -2.21. The molecule has 1 N–H and O–H groups in total. The number of nitrogens with zero attached hydrogens (tertiary/aromatic N) is 3. The van der Waals surface area contributed by atoms with Crippen molar-refractivity contribution in [3.63, 3.8) is 0 Å². The van der Waals surface area contributed by atoms with Gasteiger partial charge in [0.1, 0.15) is 24.1 Å². The molecule has 10 nitrogen and oxygen atoms in total. The number of ether oxygens (including phenoxy) is 3. The Hall–Kier alpha value is -4.02. The summed E-state index contributed by atoms with van der Waals surface area (Å²) < 4.78 is 31.0. The van der Waals surface area contributed by atoms with Gasteiger partial charge in [-0.15, -0.1) is 0 Å². The summed E-state index contributed by atoms with van der Waals surface area (Å²) in [5, 5.41) is 2.58. The van der Waals surface area contributed by atoms with Gasteiger partial charge in [-0.2, -0.15) is 0 Å². The monoisotopic (exact) mass is 528 g/mol. The first-order valence-corrected chi connectivity index (χ1v) is 12.5. The molecule has 2 aliphatic heterocycles. The fraction of sp³-hybridized carbons (Fsp3) is 0.444. The molecule has 11 heteroatoms. The molecular formula is C27H33FN4O6. The number of amides is 3. The molecule has 2 aromatic carbocycles. The van der Waals surface area contributed by atoms with Crippen LogP contribution in [0.5, 0.6) is 0 Å². The molecule has 0 aromatic heterocycles. The Bertz CT molecular complexity index is 1150. The van der Waals surface area contributed by atoms with E-state index in [2.05, 4.69) is 5.32 Å². The lowest BCUT2D eigenvalue weighted by atomic mass is 10.2. The normalized spacial score (nSPS) is 17.7. The molecule has 0 spiro atoms. The third-order valence-corrected chi connectivity index (χ3v) is 6.07. The van der Waals surface area contributed by atoms with E-state index in [0.717, 1.165) is 5.56 Å². The van der Waals surface area contributed by atoms with Crippen LogP contribution in [-0.4, -0.2) is 74.2 Å². The molecule has 0 radical (unpaired) electrons. The molecule has 1 unspecified atom stereocenters. The van der Waals surface area contributed by atoms with Crippen molar-refractivity contribution in [2.24, 2.45) is 0 Å². The van der Waals surface area contributed by atoms with E-state index in [0.29, 0.717) is 37.6 Å². The minimum Gasteiger partial charge on any atom is -0.445 e. The molecule has 2 saturated heterocycles. The second-order valence-electron chi connectivity index (χ2n) is 10.1. The first-order valence-electron chi connectivity index (χ1n) is 12.5. The zero-order valence-corrected chi connectivity index (χ0v) is 21.8. The standard InChI is InChI=1S/C27H33FN4O6/c1-27(2,3)38-24(33)29-16-21-17-32(26(35)37-21)20-9-10-23(22(28)15-20)30-11-13-31(14-12-30)25(34)36-18-19-7-5-4-6-8-19/h4-10,15,21H,11-14,16-18H2,1-3H3,(H,29,33). The highest BCUT2D eigenvalue weighted by Gasteiger charge is 2.34. The van der Waals surface area contributed by atoms with Crippen molar-refractivity contribution in [1.82, 2.24) is 10.2 Å². The summed E-state index contributed by atoms with van der Waals surface area (Å²) in [7, 11) is 0. The van der Waals surface area contributed by atoms with Crippen molar-refractivity contribution >= 4 is 29.7 Å². The number of carbonyl (C=O) groups excluding carboxylic acids is 3. The zero-order chi connectivity index (χ0) is 27.3. The molecule has 2 aliphatic rings. The minimum absolute atomic E-state index is 0.0791. The van der Waals surface area contributed by atoms with Crippen molar-refractivity contribution in [2.45, 2.75) is 39.1 Å². The van der Waals surface area contributed by atoms with Gasteiger partial charge in [-0.25, -0.2) is 18.8 Å². The molecule has 3 amide bonds. The number of alkyl carbamates (subject to hydrolysis) is 1. The van der Waals surface area contributed by atoms with E-state index in [4.69, 9.17) is 14.2 Å². The van der Waals surface area contributed by atoms with Crippen LogP contribution in [0, 0.1) is 5.82 Å². The van der Waals surface area contributed by atoms with Crippen molar-refractivity contribution < 1.29 is 33.0 Å². The van der Waals surface area contributed by atoms with Gasteiger partial charge >= 0.3 is 18.3 Å². The van der Waals surface area contributed by atoms with Gasteiger partial charge in [0.05, 0.1) is 24.5 Å². The quantitative estimate of drug-likeness (QED) is 0.563. The largest absolute Gasteiger partial charge is 0.445 e. The number of anilines is 2. The molecule has 204 valence electrons. The molecule has 0 bridgehead atoms. The van der Waals surface area contributed by atoms with Gasteiger partial charge in [-0.1, -0.05) is 30.3 Å². The van der Waals surface area contributed by atoms with E-state index in [-0.39, 0.29) is 19.7 Å². The van der Waals surface area contributed by atoms with Crippen LogP contribution >= 0.6 is 0 Å². The Morgan fingerprint density at radius 2 is 1.79 bits per heavy atom. The molecule has 2 heterocycles. The molecule has 1 atom stereocenters. The average Bonchev–Trinajstić information content (AvgIpc) is 3.26. The van der Waals surface area contributed by atoms with Crippen molar-refractivity contribution in [3.8, 4) is 0 Å². The van der Waals surface area contributed by atoms with Crippen LogP contribution in [0.3, 0.4) is 0 Å². The van der Waals surface area contributed by atoms with Crippen molar-refractivity contribution in [2.75, 3.05) is 49.1 Å². The van der Waals surface area contributed by atoms with Crippen LogP contribution in [0.25, 0.3) is 0 Å². The number of nitrogens with one attached hydrogen (secondary N) is 1. The summed E-state index contributed by atoms with van der Waals surface area (Å²) in [6.45, 7) is 7.40. The highest BCUT2D eigenvalue weighted by Crippen LogP contribution is 2.28. The van der Waals surface area contributed by atoms with Gasteiger partial charge in [0.25, 0.3) is 0 Å². The Morgan fingerprint density at radius 3 is 2.45 bits per heavy atom. The van der Waals surface area contributed by atoms with Gasteiger partial charge in [0.15, 0.2) is 0 Å². The smallest absolute Gasteiger partial charge is 0.414 e. The lowest BCUT2D eigenvalue weighted by Gasteiger charge is -2.35. The molecular weight excluding hydrogens is 495 g/mol. The molecule has 38 heavy (non-hydrogen) atoms. The second kappa shape index (κ2) is 11.6. The van der Waals surface area contributed by atoms with E-state index in [9.17, 15) is 14.4 Å². The number of cyclic esters (lactones) is 1. The lowest BCUT2D eigenvalue weighted by Crippen LogP contribution is -2.49. The third kappa shape index (κ3) is 7.05. The fourth-order valence-electron chi connectivity index (χ4n) is 4.21. The first-order chi connectivity index (χ1) is 18.1. The summed E-state index contributed by atoms with van der Waals surface area (Å²) in [6, 6.07) is 14.0. The Balaban J connectivity index is 1.27. The van der Waals surface area contributed by atoms with Gasteiger partial charge in [-0.3, -0.25) is 4.90 Å². The maximum Gasteiger partial charge on any atom is 0.414 e. The third-order valence-electron chi connectivity index (χ3n) is 6.07. The Morgan fingerprint density at radius 1 is 1.08 bits per heavy atom. The summed E-state index contributed by atoms with van der Waals surface area (Å²) in [4.78, 5) is 41.4. The topological polar surface area (TPSA) is 101 Å². The van der Waals surface area contributed by atoms with Gasteiger partial charge < -0.3 is 29.3 Å². The summed E-state index contributed by atoms with van der Waals surface area (Å²) >= 11 is 0. The van der Waals surface area contributed by atoms with Crippen molar-refractivity contribution in [1.29, 1.82) is 0 Å². The van der Waals surface area contributed by atoms with Crippen LogP contribution in [0.4, 0.5) is 30.1 Å². The van der Waals surface area contributed by atoms with Gasteiger partial charge in [0, 0.05) is 26.2 Å².